The number of benzene rings is 2. The molecule has 3 heteroatoms. The predicted octanol–water partition coefficient (Wildman–Crippen LogP) is 4.79. The van der Waals surface area contributed by atoms with Crippen LogP contribution in [0.4, 0.5) is 5.69 Å². The lowest BCUT2D eigenvalue weighted by Crippen LogP contribution is -2.54. The Bertz CT molecular complexity index is 706. The van der Waals surface area contributed by atoms with Crippen LogP contribution in [0.15, 0.2) is 79.4 Å². The molecule has 0 unspecified atom stereocenters. The minimum Gasteiger partial charge on any atom is -0.303 e. The normalized spacial score (nSPS) is 21.0. The maximum atomic E-state index is 12.5. The van der Waals surface area contributed by atoms with E-state index in [9.17, 15) is 4.79 Å². The van der Waals surface area contributed by atoms with Crippen LogP contribution in [-0.4, -0.2) is 5.91 Å². The summed E-state index contributed by atoms with van der Waals surface area (Å²) in [6.07, 6.45) is 5.44. The van der Waals surface area contributed by atoms with Gasteiger partial charge in [0, 0.05) is 10.7 Å². The van der Waals surface area contributed by atoms with Crippen molar-refractivity contribution in [2.24, 2.45) is 5.92 Å². The number of carbonyl (C=O) groups is 1. The van der Waals surface area contributed by atoms with Crippen LogP contribution in [0, 0.1) is 5.92 Å². The van der Waals surface area contributed by atoms with E-state index in [1.165, 1.54) is 0 Å². The molecule has 1 aliphatic rings. The summed E-state index contributed by atoms with van der Waals surface area (Å²) >= 11 is 5.94. The first-order valence-corrected chi connectivity index (χ1v) is 7.53. The van der Waals surface area contributed by atoms with Crippen LogP contribution in [0.1, 0.15) is 11.6 Å². The van der Waals surface area contributed by atoms with Gasteiger partial charge >= 0.3 is 0 Å². The van der Waals surface area contributed by atoms with Gasteiger partial charge in [0.15, 0.2) is 0 Å². The number of carbonyl (C=O) groups excluding carboxylic acids is 1. The van der Waals surface area contributed by atoms with E-state index in [-0.39, 0.29) is 17.9 Å². The van der Waals surface area contributed by atoms with E-state index in [0.717, 1.165) is 11.3 Å². The number of hydrogen-bond donors (Lipinski definition) is 0. The number of anilines is 1. The van der Waals surface area contributed by atoms with Crippen LogP contribution in [0.2, 0.25) is 5.02 Å². The lowest BCUT2D eigenvalue weighted by Gasteiger charge is -2.46. The summed E-state index contributed by atoms with van der Waals surface area (Å²) < 4.78 is 0. The second kappa shape index (κ2) is 6.20. The van der Waals surface area contributed by atoms with E-state index in [1.54, 1.807) is 18.2 Å². The van der Waals surface area contributed by atoms with Crippen molar-refractivity contribution in [2.75, 3.05) is 4.90 Å². The monoisotopic (exact) mass is 309 g/mol. The maximum Gasteiger partial charge on any atom is 0.236 e. The van der Waals surface area contributed by atoms with Crippen LogP contribution in [-0.2, 0) is 4.79 Å². The molecule has 2 aromatic carbocycles. The lowest BCUT2D eigenvalue weighted by atomic mass is 9.81. The van der Waals surface area contributed by atoms with Crippen molar-refractivity contribution in [3.63, 3.8) is 0 Å². The molecule has 110 valence electrons. The van der Waals surface area contributed by atoms with Crippen molar-refractivity contribution in [1.82, 2.24) is 0 Å². The third-order valence-corrected chi connectivity index (χ3v) is 4.09. The fourth-order valence-corrected chi connectivity index (χ4v) is 2.92. The summed E-state index contributed by atoms with van der Waals surface area (Å²) in [6, 6.07) is 17.4. The van der Waals surface area contributed by atoms with Crippen molar-refractivity contribution >= 4 is 23.2 Å². The molecule has 1 fully saturated rings. The molecule has 1 heterocycles. The quantitative estimate of drug-likeness (QED) is 0.587. The highest BCUT2D eigenvalue weighted by Gasteiger charge is 2.47. The van der Waals surface area contributed by atoms with Gasteiger partial charge < -0.3 is 4.90 Å². The van der Waals surface area contributed by atoms with E-state index in [2.05, 4.69) is 18.7 Å². The van der Waals surface area contributed by atoms with Crippen molar-refractivity contribution < 1.29 is 4.79 Å². The van der Waals surface area contributed by atoms with E-state index in [1.807, 2.05) is 47.4 Å². The van der Waals surface area contributed by atoms with E-state index in [4.69, 9.17) is 11.6 Å². The third kappa shape index (κ3) is 2.58. The second-order valence-corrected chi connectivity index (χ2v) is 5.62. The number of nitrogens with zero attached hydrogens (tertiary/aromatic N) is 1. The van der Waals surface area contributed by atoms with Crippen molar-refractivity contribution in [1.29, 1.82) is 0 Å². The molecule has 1 aliphatic heterocycles. The predicted molar refractivity (Wildman–Crippen MR) is 90.9 cm³/mol. The number of allylic oxidation sites excluding steroid dienone is 2. The number of rotatable bonds is 4. The molecule has 1 amide bonds. The van der Waals surface area contributed by atoms with Gasteiger partial charge in [0.2, 0.25) is 5.91 Å². The van der Waals surface area contributed by atoms with Gasteiger partial charge in [-0.05, 0) is 29.8 Å². The average Bonchev–Trinajstić information content (AvgIpc) is 2.55. The molecular formula is C19H16ClNO. The van der Waals surface area contributed by atoms with E-state index < -0.39 is 0 Å². The Kier molecular flexibility index (Phi) is 4.12. The third-order valence-electron chi connectivity index (χ3n) is 3.84. The summed E-state index contributed by atoms with van der Waals surface area (Å²) in [5.41, 5.74) is 1.99. The molecule has 0 aromatic heterocycles. The zero-order valence-corrected chi connectivity index (χ0v) is 12.8. The maximum absolute atomic E-state index is 12.5. The first-order valence-electron chi connectivity index (χ1n) is 7.15. The Labute approximate surface area is 135 Å². The second-order valence-electron chi connectivity index (χ2n) is 5.19. The topological polar surface area (TPSA) is 20.3 Å². The van der Waals surface area contributed by atoms with Gasteiger partial charge in [0.05, 0.1) is 12.0 Å². The van der Waals surface area contributed by atoms with E-state index >= 15 is 0 Å². The Morgan fingerprint density at radius 2 is 1.73 bits per heavy atom. The van der Waals surface area contributed by atoms with Crippen molar-refractivity contribution in [2.45, 2.75) is 6.04 Å². The molecular weight excluding hydrogens is 294 g/mol. The minimum absolute atomic E-state index is 0.00563. The molecule has 0 saturated carbocycles. The Morgan fingerprint density at radius 3 is 2.36 bits per heavy atom. The number of β-lactam (4-membered cyclic amide) rings is 1. The molecule has 0 spiro atoms. The molecule has 2 aromatic rings. The number of hydrogen-bond acceptors (Lipinski definition) is 1. The van der Waals surface area contributed by atoms with Gasteiger partial charge in [-0.1, -0.05) is 66.7 Å². The summed E-state index contributed by atoms with van der Waals surface area (Å²) in [7, 11) is 0. The summed E-state index contributed by atoms with van der Waals surface area (Å²) in [5.74, 6) is -0.0645. The Morgan fingerprint density at radius 1 is 1.05 bits per heavy atom. The van der Waals surface area contributed by atoms with Crippen LogP contribution < -0.4 is 4.90 Å². The summed E-state index contributed by atoms with van der Waals surface area (Å²) in [5, 5.41) is 0.663. The largest absolute Gasteiger partial charge is 0.303 e. The van der Waals surface area contributed by atoms with Gasteiger partial charge in [-0.3, -0.25) is 4.79 Å². The van der Waals surface area contributed by atoms with Gasteiger partial charge in [-0.25, -0.2) is 0 Å². The highest BCUT2D eigenvalue weighted by Crippen LogP contribution is 2.44. The summed E-state index contributed by atoms with van der Waals surface area (Å²) in [6.45, 7) is 3.67. The molecule has 0 radical (unpaired) electrons. The highest BCUT2D eigenvalue weighted by atomic mass is 35.5. The van der Waals surface area contributed by atoms with Crippen LogP contribution in [0.3, 0.4) is 0 Å². The van der Waals surface area contributed by atoms with Crippen LogP contribution in [0.25, 0.3) is 0 Å². The number of halogens is 1. The Hall–Kier alpha value is -2.32. The standard InChI is InChI=1S/C19H16ClNO/c1-2-3-9-17-18(14-7-5-4-6-8-14)21(19(17)22)16-12-10-15(20)11-13-16/h2-13,17-18H,1H2/b9-3+/t17-,18-/m0/s1. The van der Waals surface area contributed by atoms with Crippen molar-refractivity contribution in [3.05, 3.63) is 90.0 Å². The van der Waals surface area contributed by atoms with Crippen molar-refractivity contribution in [3.8, 4) is 0 Å². The van der Waals surface area contributed by atoms with Gasteiger partial charge in [0.1, 0.15) is 0 Å². The fraction of sp³-hybridized carbons (Fsp3) is 0.105. The molecule has 1 saturated heterocycles. The smallest absolute Gasteiger partial charge is 0.236 e. The first-order chi connectivity index (χ1) is 10.7. The highest BCUT2D eigenvalue weighted by molar-refractivity contribution is 6.30. The Balaban J connectivity index is 1.98. The molecule has 0 aliphatic carbocycles. The molecule has 3 rings (SSSR count). The molecule has 22 heavy (non-hydrogen) atoms. The van der Waals surface area contributed by atoms with E-state index in [0.29, 0.717) is 5.02 Å². The summed E-state index contributed by atoms with van der Waals surface area (Å²) in [4.78, 5) is 14.4. The molecule has 2 nitrogen and oxygen atoms in total. The number of amides is 1. The lowest BCUT2D eigenvalue weighted by molar-refractivity contribution is -0.128. The molecule has 2 atom stereocenters. The minimum atomic E-state index is -0.156. The van der Waals surface area contributed by atoms with Gasteiger partial charge in [-0.2, -0.15) is 0 Å². The SMILES string of the molecule is C=C/C=C/[C@@H]1C(=O)N(c2ccc(Cl)cc2)[C@H]1c1ccccc1. The molecule has 0 bridgehead atoms. The van der Waals surface area contributed by atoms with Gasteiger partial charge in [0.25, 0.3) is 0 Å². The van der Waals surface area contributed by atoms with Crippen LogP contribution in [0.5, 0.6) is 0 Å². The van der Waals surface area contributed by atoms with Crippen LogP contribution >= 0.6 is 11.6 Å². The van der Waals surface area contributed by atoms with Gasteiger partial charge in [-0.15, -0.1) is 0 Å². The molecule has 0 N–H and O–H groups in total. The zero-order chi connectivity index (χ0) is 15.5. The fourth-order valence-electron chi connectivity index (χ4n) is 2.79. The average molecular weight is 310 g/mol. The zero-order valence-electron chi connectivity index (χ0n) is 12.0. The first kappa shape index (κ1) is 14.6.